The molecule has 8 heteroatoms. The molecule has 0 aromatic heterocycles. The first-order valence-electron chi connectivity index (χ1n) is 8.60. The Morgan fingerprint density at radius 1 is 1.25 bits per heavy atom. The molecule has 1 N–H and O–H groups in total. The summed E-state index contributed by atoms with van der Waals surface area (Å²) >= 11 is 13.2. The van der Waals surface area contributed by atoms with E-state index < -0.39 is 0 Å². The lowest BCUT2D eigenvalue weighted by atomic mass is 10.2. The molecular formula is C20H18Cl2N2O3S. The summed E-state index contributed by atoms with van der Waals surface area (Å²) in [6.45, 7) is 3.25. The summed E-state index contributed by atoms with van der Waals surface area (Å²) in [5, 5.41) is 11.2. The van der Waals surface area contributed by atoms with Gasteiger partial charge in [0.05, 0.1) is 28.8 Å². The summed E-state index contributed by atoms with van der Waals surface area (Å²) in [5.41, 5.74) is 1.12. The number of halogens is 2. The van der Waals surface area contributed by atoms with Crippen molar-refractivity contribution in [1.29, 1.82) is 0 Å². The van der Waals surface area contributed by atoms with E-state index in [9.17, 15) is 9.90 Å². The van der Waals surface area contributed by atoms with Gasteiger partial charge in [-0.15, -0.1) is 0 Å². The zero-order valence-electron chi connectivity index (χ0n) is 15.1. The van der Waals surface area contributed by atoms with Crippen LogP contribution in [0.5, 0.6) is 5.75 Å². The van der Waals surface area contributed by atoms with Crippen molar-refractivity contribution in [1.82, 2.24) is 4.90 Å². The third-order valence-corrected chi connectivity index (χ3v) is 5.39. The minimum Gasteiger partial charge on any atom is -0.506 e. The van der Waals surface area contributed by atoms with Gasteiger partial charge in [0.2, 0.25) is 0 Å². The van der Waals surface area contributed by atoms with E-state index >= 15 is 0 Å². The SMILES string of the molecule is CCOCCN1C(=O)/C(=C/c2cc(Cl)cc(Cl)c2O)SC1=Nc1ccccc1. The molecule has 0 atom stereocenters. The summed E-state index contributed by atoms with van der Waals surface area (Å²) in [5.74, 6) is -0.337. The van der Waals surface area contributed by atoms with E-state index in [1.54, 1.807) is 17.0 Å². The largest absolute Gasteiger partial charge is 0.506 e. The minimum atomic E-state index is -0.213. The number of ether oxygens (including phenoxy) is 1. The summed E-state index contributed by atoms with van der Waals surface area (Å²) in [6, 6.07) is 12.4. The summed E-state index contributed by atoms with van der Waals surface area (Å²) < 4.78 is 5.39. The molecule has 0 unspecified atom stereocenters. The second kappa shape index (κ2) is 9.47. The van der Waals surface area contributed by atoms with Crippen molar-refractivity contribution in [3.05, 3.63) is 63.0 Å². The number of hydrogen-bond donors (Lipinski definition) is 1. The average Bonchev–Trinajstić information content (AvgIpc) is 2.95. The lowest BCUT2D eigenvalue weighted by molar-refractivity contribution is -0.122. The Morgan fingerprint density at radius 3 is 2.71 bits per heavy atom. The van der Waals surface area contributed by atoms with Crippen LogP contribution in [0.1, 0.15) is 12.5 Å². The molecule has 1 amide bonds. The predicted molar refractivity (Wildman–Crippen MR) is 115 cm³/mol. The first-order valence-corrected chi connectivity index (χ1v) is 10.2. The lowest BCUT2D eigenvalue weighted by Gasteiger charge is -2.15. The van der Waals surface area contributed by atoms with Gasteiger partial charge in [0.1, 0.15) is 5.75 Å². The van der Waals surface area contributed by atoms with Crippen LogP contribution in [0.15, 0.2) is 52.4 Å². The molecule has 146 valence electrons. The number of aliphatic imine (C=N–C) groups is 1. The maximum absolute atomic E-state index is 12.9. The number of aromatic hydroxyl groups is 1. The van der Waals surface area contributed by atoms with Gasteiger partial charge in [-0.25, -0.2) is 4.99 Å². The van der Waals surface area contributed by atoms with Crippen LogP contribution < -0.4 is 0 Å². The fraction of sp³-hybridized carbons (Fsp3) is 0.200. The number of rotatable bonds is 6. The highest BCUT2D eigenvalue weighted by Gasteiger charge is 2.33. The Hall–Kier alpha value is -1.99. The van der Waals surface area contributed by atoms with Gasteiger partial charge >= 0.3 is 0 Å². The first-order chi connectivity index (χ1) is 13.5. The average molecular weight is 437 g/mol. The molecule has 1 aliphatic heterocycles. The number of phenolic OH excluding ortho intramolecular Hbond substituents is 1. The quantitative estimate of drug-likeness (QED) is 0.490. The smallest absolute Gasteiger partial charge is 0.266 e. The Morgan fingerprint density at radius 2 is 2.00 bits per heavy atom. The second-order valence-electron chi connectivity index (χ2n) is 5.82. The van der Waals surface area contributed by atoms with E-state index in [-0.39, 0.29) is 16.7 Å². The molecule has 0 aliphatic carbocycles. The second-order valence-corrected chi connectivity index (χ2v) is 7.67. The highest BCUT2D eigenvalue weighted by molar-refractivity contribution is 8.18. The number of para-hydroxylation sites is 1. The van der Waals surface area contributed by atoms with E-state index in [0.29, 0.717) is 40.4 Å². The number of amidine groups is 1. The number of hydrogen-bond acceptors (Lipinski definition) is 5. The minimum absolute atomic E-state index is 0.124. The molecule has 2 aromatic rings. The summed E-state index contributed by atoms with van der Waals surface area (Å²) in [4.78, 5) is 19.5. The third kappa shape index (κ3) is 4.89. The predicted octanol–water partition coefficient (Wildman–Crippen LogP) is 5.34. The lowest BCUT2D eigenvalue weighted by Crippen LogP contribution is -2.32. The Labute approximate surface area is 177 Å². The molecule has 1 heterocycles. The molecule has 0 radical (unpaired) electrons. The molecule has 28 heavy (non-hydrogen) atoms. The molecule has 0 bridgehead atoms. The highest BCUT2D eigenvalue weighted by Crippen LogP contribution is 2.38. The topological polar surface area (TPSA) is 62.1 Å². The van der Waals surface area contributed by atoms with Crippen LogP contribution in [-0.4, -0.2) is 40.8 Å². The summed E-state index contributed by atoms with van der Waals surface area (Å²) in [7, 11) is 0. The van der Waals surface area contributed by atoms with Crippen molar-refractivity contribution in [2.75, 3.05) is 19.8 Å². The van der Waals surface area contributed by atoms with Crippen LogP contribution in [0.4, 0.5) is 5.69 Å². The van der Waals surface area contributed by atoms with Crippen LogP contribution >= 0.6 is 35.0 Å². The standard InChI is InChI=1S/C20H18Cl2N2O3S/c1-2-27-9-8-24-19(26)17(11-13-10-14(21)12-16(22)18(13)25)28-20(24)23-15-6-4-3-5-7-15/h3-7,10-12,25H,2,8-9H2,1H3/b17-11-,23-20?. The van der Waals surface area contributed by atoms with Gasteiger partial charge in [-0.3, -0.25) is 9.69 Å². The van der Waals surface area contributed by atoms with Crippen LogP contribution in [0.2, 0.25) is 10.0 Å². The van der Waals surface area contributed by atoms with E-state index in [4.69, 9.17) is 27.9 Å². The number of thioether (sulfide) groups is 1. The Bertz CT molecular complexity index is 933. The van der Waals surface area contributed by atoms with Crippen molar-refractivity contribution in [2.24, 2.45) is 4.99 Å². The number of carbonyl (C=O) groups excluding carboxylic acids is 1. The Balaban J connectivity index is 1.96. The molecular weight excluding hydrogens is 419 g/mol. The van der Waals surface area contributed by atoms with Crippen molar-refractivity contribution >= 4 is 57.8 Å². The van der Waals surface area contributed by atoms with Crippen molar-refractivity contribution in [3.63, 3.8) is 0 Å². The fourth-order valence-corrected chi connectivity index (χ4v) is 4.06. The van der Waals surface area contributed by atoms with Crippen molar-refractivity contribution in [2.45, 2.75) is 6.92 Å². The van der Waals surface area contributed by atoms with Crippen LogP contribution in [0.3, 0.4) is 0 Å². The molecule has 1 saturated heterocycles. The van der Waals surface area contributed by atoms with Gasteiger partial charge in [-0.1, -0.05) is 41.4 Å². The van der Waals surface area contributed by atoms with Gasteiger partial charge in [0.15, 0.2) is 5.17 Å². The van der Waals surface area contributed by atoms with Crippen LogP contribution in [-0.2, 0) is 9.53 Å². The molecule has 3 rings (SSSR count). The van der Waals surface area contributed by atoms with E-state index in [1.807, 2.05) is 37.3 Å². The van der Waals surface area contributed by atoms with Gasteiger partial charge in [-0.05, 0) is 49.0 Å². The maximum atomic E-state index is 12.9. The van der Waals surface area contributed by atoms with Gasteiger partial charge in [-0.2, -0.15) is 0 Å². The molecule has 1 fully saturated rings. The number of carbonyl (C=O) groups is 1. The highest BCUT2D eigenvalue weighted by atomic mass is 35.5. The van der Waals surface area contributed by atoms with Gasteiger partial charge in [0, 0.05) is 17.2 Å². The molecule has 5 nitrogen and oxygen atoms in total. The normalized spacial score (nSPS) is 17.1. The summed E-state index contributed by atoms with van der Waals surface area (Å²) in [6.07, 6.45) is 1.57. The number of benzene rings is 2. The maximum Gasteiger partial charge on any atom is 0.266 e. The monoisotopic (exact) mass is 436 g/mol. The molecule has 0 spiro atoms. The zero-order chi connectivity index (χ0) is 20.1. The van der Waals surface area contributed by atoms with Crippen molar-refractivity contribution < 1.29 is 14.6 Å². The zero-order valence-corrected chi connectivity index (χ0v) is 17.4. The Kier molecular flexibility index (Phi) is 7.02. The molecule has 0 saturated carbocycles. The number of phenols is 1. The van der Waals surface area contributed by atoms with Gasteiger partial charge < -0.3 is 9.84 Å². The van der Waals surface area contributed by atoms with Crippen LogP contribution in [0, 0.1) is 0 Å². The fourth-order valence-electron chi connectivity index (χ4n) is 2.54. The van der Waals surface area contributed by atoms with Crippen molar-refractivity contribution in [3.8, 4) is 5.75 Å². The van der Waals surface area contributed by atoms with E-state index in [2.05, 4.69) is 4.99 Å². The third-order valence-electron chi connectivity index (χ3n) is 3.88. The molecule has 1 aliphatic rings. The van der Waals surface area contributed by atoms with E-state index in [1.165, 1.54) is 17.8 Å². The first kappa shape index (κ1) is 20.7. The van der Waals surface area contributed by atoms with Crippen LogP contribution in [0.25, 0.3) is 6.08 Å². The number of amides is 1. The van der Waals surface area contributed by atoms with E-state index in [0.717, 1.165) is 5.69 Å². The number of nitrogens with zero attached hydrogens (tertiary/aromatic N) is 2. The van der Waals surface area contributed by atoms with Gasteiger partial charge in [0.25, 0.3) is 5.91 Å². The molecule has 2 aromatic carbocycles.